The lowest BCUT2D eigenvalue weighted by Crippen LogP contribution is -2.75. The number of sulfonamides is 1. The Morgan fingerprint density at radius 1 is 1.31 bits per heavy atom. The minimum absolute atomic E-state index is 0.0249. The number of carbonyl (C=O) groups excluding carboxylic acids is 1. The van der Waals surface area contributed by atoms with E-state index >= 15 is 0 Å². The number of nitriles is 1. The van der Waals surface area contributed by atoms with E-state index in [-0.39, 0.29) is 23.3 Å². The van der Waals surface area contributed by atoms with Crippen LogP contribution in [0.2, 0.25) is 0 Å². The van der Waals surface area contributed by atoms with E-state index in [4.69, 9.17) is 9.47 Å². The maximum Gasteiger partial charge on any atom is 0.410 e. The third-order valence-corrected chi connectivity index (χ3v) is 10.2. The Labute approximate surface area is 208 Å². The van der Waals surface area contributed by atoms with Crippen LogP contribution in [0, 0.1) is 35.5 Å². The Balaban J connectivity index is 1.93. The van der Waals surface area contributed by atoms with Gasteiger partial charge in [-0.15, -0.1) is 6.58 Å². The second kappa shape index (κ2) is 9.57. The van der Waals surface area contributed by atoms with Crippen molar-refractivity contribution in [1.29, 1.82) is 5.26 Å². The first kappa shape index (κ1) is 25.7. The van der Waals surface area contributed by atoms with Gasteiger partial charge in [-0.3, -0.25) is 4.90 Å². The molecule has 0 radical (unpaired) electrons. The number of nitrogens with zero attached hydrogens (tertiary/aromatic N) is 3. The molecule has 3 aliphatic rings. The fourth-order valence-electron chi connectivity index (χ4n) is 7.08. The first-order valence-corrected chi connectivity index (χ1v) is 13.6. The largest absolute Gasteiger partial charge is 0.453 e. The Morgan fingerprint density at radius 2 is 2.03 bits per heavy atom. The van der Waals surface area contributed by atoms with E-state index in [2.05, 4.69) is 12.6 Å². The predicted molar refractivity (Wildman–Crippen MR) is 131 cm³/mol. The van der Waals surface area contributed by atoms with Gasteiger partial charge in [-0.25, -0.2) is 13.2 Å². The Kier molecular flexibility index (Phi) is 7.02. The zero-order chi connectivity index (χ0) is 25.4. The summed E-state index contributed by atoms with van der Waals surface area (Å²) < 4.78 is 40.6. The zero-order valence-corrected chi connectivity index (χ0v) is 21.6. The van der Waals surface area contributed by atoms with Crippen LogP contribution in [0.25, 0.3) is 0 Å². The molecule has 35 heavy (non-hydrogen) atoms. The summed E-state index contributed by atoms with van der Waals surface area (Å²) in [6, 6.07) is 8.61. The van der Waals surface area contributed by atoms with Crippen LogP contribution in [0.5, 0.6) is 0 Å². The van der Waals surface area contributed by atoms with Gasteiger partial charge in [-0.05, 0) is 63.0 Å². The highest BCUT2D eigenvalue weighted by atomic mass is 32.2. The first-order valence-electron chi connectivity index (χ1n) is 12.2. The van der Waals surface area contributed by atoms with Gasteiger partial charge in [-0.2, -0.15) is 9.57 Å². The number of rotatable bonds is 8. The second-order valence-electron chi connectivity index (χ2n) is 10.1. The molecule has 0 N–H and O–H groups in total. The molecule has 1 aliphatic carbocycles. The first-order chi connectivity index (χ1) is 16.7. The summed E-state index contributed by atoms with van der Waals surface area (Å²) in [5.74, 6) is 0.102. The molecule has 4 rings (SSSR count). The molecular weight excluding hydrogens is 466 g/mol. The smallest absolute Gasteiger partial charge is 0.410 e. The predicted octanol–water partition coefficient (Wildman–Crippen LogP) is 3.73. The molecule has 9 heteroatoms. The average molecular weight is 502 g/mol. The molecule has 5 atom stereocenters. The highest BCUT2D eigenvalue weighted by Gasteiger charge is 2.73. The van der Waals surface area contributed by atoms with Crippen LogP contribution in [-0.4, -0.2) is 69.2 Å². The maximum atomic E-state index is 14.1. The lowest BCUT2D eigenvalue weighted by atomic mass is 9.53. The molecule has 1 saturated carbocycles. The van der Waals surface area contributed by atoms with Crippen LogP contribution in [0.1, 0.15) is 37.7 Å². The Bertz CT molecular complexity index is 1110. The van der Waals surface area contributed by atoms with Crippen LogP contribution in [0.4, 0.5) is 4.79 Å². The number of ether oxygens (including phenoxy) is 2. The molecule has 2 aliphatic heterocycles. The molecule has 0 unspecified atom stereocenters. The van der Waals surface area contributed by atoms with E-state index in [0.717, 1.165) is 12.0 Å². The molecule has 190 valence electrons. The average Bonchev–Trinajstić information content (AvgIpc) is 3.08. The van der Waals surface area contributed by atoms with Gasteiger partial charge in [0.2, 0.25) is 10.0 Å². The van der Waals surface area contributed by atoms with E-state index in [9.17, 15) is 18.5 Å². The third kappa shape index (κ3) is 3.87. The van der Waals surface area contributed by atoms with Crippen LogP contribution >= 0.6 is 0 Å². The molecule has 2 saturated heterocycles. The molecule has 2 heterocycles. The molecule has 0 aromatic heterocycles. The van der Waals surface area contributed by atoms with Crippen molar-refractivity contribution in [3.8, 4) is 6.07 Å². The minimum atomic E-state index is -3.95. The van der Waals surface area contributed by atoms with Gasteiger partial charge in [0.15, 0.2) is 0 Å². The lowest BCUT2D eigenvalue weighted by molar-refractivity contribution is -0.108. The zero-order valence-electron chi connectivity index (χ0n) is 20.8. The number of aryl methyl sites for hydroxylation is 1. The normalized spacial score (nSPS) is 32.2. The van der Waals surface area contributed by atoms with Gasteiger partial charge in [0.25, 0.3) is 0 Å². The number of amides is 1. The second-order valence-corrected chi connectivity index (χ2v) is 12.0. The van der Waals surface area contributed by atoms with Crippen molar-refractivity contribution in [2.45, 2.75) is 55.5 Å². The van der Waals surface area contributed by atoms with Gasteiger partial charge < -0.3 is 9.47 Å². The SMILES string of the molecule is C=CCCC[C@@]1(C#N)C[C@H]2CN(C(=O)OC)[C@@]3(COC)[C@@H]2CCN(S(=O)(=O)c2ccc(C)cc2)[C@@H]13. The van der Waals surface area contributed by atoms with Crippen molar-refractivity contribution in [3.63, 3.8) is 0 Å². The Hall–Kier alpha value is -2.41. The standard InChI is InChI=1S/C26H35N3O5S/c1-5-6-7-13-25(17-27)15-20-16-28(24(30)34-4)26(18-33-3)22(20)12-14-29(23(25)26)35(31,32)21-10-8-19(2)9-11-21/h5,8-11,20,22-23H,1,6-7,12-16,18H2,2-4H3/t20-,22+,23-,25-,26-/m0/s1. The Morgan fingerprint density at radius 3 is 2.63 bits per heavy atom. The lowest BCUT2D eigenvalue weighted by Gasteiger charge is -2.61. The quantitative estimate of drug-likeness (QED) is 0.398. The molecule has 1 aromatic rings. The maximum absolute atomic E-state index is 14.1. The topological polar surface area (TPSA) is 99.9 Å². The highest BCUT2D eigenvalue weighted by molar-refractivity contribution is 7.89. The number of allylic oxidation sites excluding steroid dienone is 1. The van der Waals surface area contributed by atoms with Crippen LogP contribution in [-0.2, 0) is 19.5 Å². The summed E-state index contributed by atoms with van der Waals surface area (Å²) in [4.78, 5) is 14.9. The van der Waals surface area contributed by atoms with Gasteiger partial charge >= 0.3 is 6.09 Å². The van der Waals surface area contributed by atoms with Gasteiger partial charge in [-0.1, -0.05) is 23.8 Å². The van der Waals surface area contributed by atoms with Crippen molar-refractivity contribution in [1.82, 2.24) is 9.21 Å². The van der Waals surface area contributed by atoms with Crippen molar-refractivity contribution in [2.24, 2.45) is 17.3 Å². The van der Waals surface area contributed by atoms with Gasteiger partial charge in [0.05, 0.1) is 41.7 Å². The van der Waals surface area contributed by atoms with E-state index in [1.807, 2.05) is 13.0 Å². The molecule has 1 amide bonds. The van der Waals surface area contributed by atoms with Crippen molar-refractivity contribution in [3.05, 3.63) is 42.5 Å². The number of benzene rings is 1. The number of piperidine rings is 1. The summed E-state index contributed by atoms with van der Waals surface area (Å²) in [6.45, 7) is 6.58. The van der Waals surface area contributed by atoms with E-state index in [1.54, 1.807) is 36.3 Å². The van der Waals surface area contributed by atoms with E-state index in [0.29, 0.717) is 38.8 Å². The number of hydrogen-bond acceptors (Lipinski definition) is 6. The summed E-state index contributed by atoms with van der Waals surface area (Å²) in [5.41, 5.74) is -0.989. The van der Waals surface area contributed by atoms with Crippen molar-refractivity contribution >= 4 is 16.1 Å². The van der Waals surface area contributed by atoms with Crippen LogP contribution in [0.3, 0.4) is 0 Å². The number of unbranched alkanes of at least 4 members (excludes halogenated alkanes) is 1. The fourth-order valence-corrected chi connectivity index (χ4v) is 8.84. The highest BCUT2D eigenvalue weighted by Crippen LogP contribution is 2.62. The summed E-state index contributed by atoms with van der Waals surface area (Å²) in [7, 11) is -1.05. The number of likely N-dealkylation sites (tertiary alicyclic amines) is 1. The molecule has 1 aromatic carbocycles. The van der Waals surface area contributed by atoms with E-state index in [1.165, 1.54) is 11.4 Å². The number of methoxy groups -OCH3 is 2. The number of hydrogen-bond donors (Lipinski definition) is 0. The molecule has 3 fully saturated rings. The molecule has 4 bridgehead atoms. The molecule has 8 nitrogen and oxygen atoms in total. The van der Waals surface area contributed by atoms with E-state index < -0.39 is 33.1 Å². The fraction of sp³-hybridized carbons (Fsp3) is 0.615. The van der Waals surface area contributed by atoms with Crippen LogP contribution < -0.4 is 0 Å². The monoisotopic (exact) mass is 501 g/mol. The van der Waals surface area contributed by atoms with Gasteiger partial charge in [0, 0.05) is 20.2 Å². The third-order valence-electron chi connectivity index (χ3n) is 8.35. The summed E-state index contributed by atoms with van der Waals surface area (Å²) >= 11 is 0. The number of carbonyl (C=O) groups is 1. The molecular formula is C26H35N3O5S. The summed E-state index contributed by atoms with van der Waals surface area (Å²) in [5, 5.41) is 10.7. The molecule has 0 spiro atoms. The van der Waals surface area contributed by atoms with Gasteiger partial charge in [0.1, 0.15) is 0 Å². The minimum Gasteiger partial charge on any atom is -0.453 e. The summed E-state index contributed by atoms with van der Waals surface area (Å²) in [6.07, 6.45) is 4.40. The van der Waals surface area contributed by atoms with Crippen LogP contribution in [0.15, 0.2) is 41.8 Å². The van der Waals surface area contributed by atoms with Crippen molar-refractivity contribution in [2.75, 3.05) is 33.9 Å². The van der Waals surface area contributed by atoms with Crippen molar-refractivity contribution < 1.29 is 22.7 Å².